The Labute approximate surface area is 76.5 Å². The maximum Gasteiger partial charge on any atom is 0.185 e. The zero-order valence-corrected chi connectivity index (χ0v) is 7.69. The Morgan fingerprint density at radius 3 is 1.69 bits per heavy atom. The normalized spacial score (nSPS) is 28.6. The van der Waals surface area contributed by atoms with Crippen LogP contribution >= 0.6 is 0 Å². The van der Waals surface area contributed by atoms with Gasteiger partial charge in [0, 0.05) is 25.4 Å². The molecule has 0 amide bonds. The fraction of sp³-hybridized carbons (Fsp3) is 0.750. The lowest BCUT2D eigenvalue weighted by Crippen LogP contribution is -2.19. The van der Waals surface area contributed by atoms with Crippen LogP contribution in [-0.4, -0.2) is 50.2 Å². The Bertz CT molecular complexity index is 181. The van der Waals surface area contributed by atoms with Gasteiger partial charge in [0.25, 0.3) is 0 Å². The van der Waals surface area contributed by atoms with Crippen LogP contribution in [0.1, 0.15) is 0 Å². The number of rotatable bonds is 4. The van der Waals surface area contributed by atoms with Crippen molar-refractivity contribution in [3.63, 3.8) is 0 Å². The van der Waals surface area contributed by atoms with E-state index < -0.39 is 12.6 Å². The SMILES string of the molecule is COC1OC(OC)C(CO)=C1CO. The summed E-state index contributed by atoms with van der Waals surface area (Å²) >= 11 is 0. The van der Waals surface area contributed by atoms with Crippen molar-refractivity contribution >= 4 is 0 Å². The van der Waals surface area contributed by atoms with Gasteiger partial charge in [0.15, 0.2) is 12.6 Å². The third-order valence-corrected chi connectivity index (χ3v) is 2.00. The summed E-state index contributed by atoms with van der Waals surface area (Å²) in [5.41, 5.74) is 1.08. The molecule has 1 aliphatic rings. The van der Waals surface area contributed by atoms with E-state index in [1.165, 1.54) is 14.2 Å². The molecule has 0 aromatic heterocycles. The smallest absolute Gasteiger partial charge is 0.185 e. The molecule has 0 aliphatic carbocycles. The molecule has 13 heavy (non-hydrogen) atoms. The predicted octanol–water partition coefficient (Wildman–Crippen LogP) is -0.757. The number of ether oxygens (including phenoxy) is 3. The zero-order chi connectivity index (χ0) is 9.84. The van der Waals surface area contributed by atoms with E-state index in [2.05, 4.69) is 0 Å². The minimum Gasteiger partial charge on any atom is -0.392 e. The summed E-state index contributed by atoms with van der Waals surface area (Å²) in [6.07, 6.45) is -1.23. The summed E-state index contributed by atoms with van der Waals surface area (Å²) in [6, 6.07) is 0. The van der Waals surface area contributed by atoms with Crippen molar-refractivity contribution in [1.82, 2.24) is 0 Å². The van der Waals surface area contributed by atoms with Crippen LogP contribution in [0.4, 0.5) is 0 Å². The molecule has 5 heteroatoms. The van der Waals surface area contributed by atoms with Crippen molar-refractivity contribution in [3.05, 3.63) is 11.1 Å². The van der Waals surface area contributed by atoms with Gasteiger partial charge in [-0.2, -0.15) is 0 Å². The standard InChI is InChI=1S/C8H14O5/c1-11-7-5(3-9)6(4-10)8(12-2)13-7/h7-10H,3-4H2,1-2H3. The Hall–Kier alpha value is -0.460. The zero-order valence-electron chi connectivity index (χ0n) is 7.69. The van der Waals surface area contributed by atoms with Gasteiger partial charge in [-0.1, -0.05) is 0 Å². The van der Waals surface area contributed by atoms with Gasteiger partial charge in [0.2, 0.25) is 0 Å². The highest BCUT2D eigenvalue weighted by molar-refractivity contribution is 5.24. The lowest BCUT2D eigenvalue weighted by atomic mass is 10.1. The molecule has 2 unspecified atom stereocenters. The molecule has 0 radical (unpaired) electrons. The van der Waals surface area contributed by atoms with Gasteiger partial charge in [0.05, 0.1) is 13.2 Å². The first-order chi connectivity index (χ1) is 6.28. The van der Waals surface area contributed by atoms with E-state index in [1.807, 2.05) is 0 Å². The van der Waals surface area contributed by atoms with E-state index >= 15 is 0 Å². The summed E-state index contributed by atoms with van der Waals surface area (Å²) in [6.45, 7) is -0.400. The van der Waals surface area contributed by atoms with Crippen molar-refractivity contribution in [2.45, 2.75) is 12.6 Å². The maximum atomic E-state index is 9.00. The van der Waals surface area contributed by atoms with Crippen LogP contribution < -0.4 is 0 Å². The van der Waals surface area contributed by atoms with E-state index in [0.717, 1.165) is 0 Å². The molecule has 0 spiro atoms. The van der Waals surface area contributed by atoms with Gasteiger partial charge in [-0.3, -0.25) is 0 Å². The second kappa shape index (κ2) is 4.69. The summed E-state index contributed by atoms with van der Waals surface area (Å²) in [7, 11) is 2.93. The van der Waals surface area contributed by atoms with E-state index in [9.17, 15) is 0 Å². The summed E-state index contributed by atoms with van der Waals surface area (Å²) in [4.78, 5) is 0. The van der Waals surface area contributed by atoms with Crippen LogP contribution in [0, 0.1) is 0 Å². The van der Waals surface area contributed by atoms with Crippen molar-refractivity contribution in [3.8, 4) is 0 Å². The van der Waals surface area contributed by atoms with Gasteiger partial charge in [-0.15, -0.1) is 0 Å². The van der Waals surface area contributed by atoms with Crippen LogP contribution in [-0.2, 0) is 14.2 Å². The van der Waals surface area contributed by atoms with Crippen LogP contribution in [0.5, 0.6) is 0 Å². The Morgan fingerprint density at radius 2 is 1.46 bits per heavy atom. The van der Waals surface area contributed by atoms with Gasteiger partial charge < -0.3 is 24.4 Å². The number of methoxy groups -OCH3 is 2. The molecule has 0 aromatic rings. The third kappa shape index (κ3) is 1.90. The minimum absolute atomic E-state index is 0.200. The van der Waals surface area contributed by atoms with Gasteiger partial charge in [0.1, 0.15) is 0 Å². The van der Waals surface area contributed by atoms with Gasteiger partial charge in [-0.25, -0.2) is 0 Å². The third-order valence-electron chi connectivity index (χ3n) is 2.00. The Morgan fingerprint density at radius 1 is 1.08 bits per heavy atom. The summed E-state index contributed by atoms with van der Waals surface area (Å²) < 4.78 is 15.1. The fourth-order valence-electron chi connectivity index (χ4n) is 1.33. The fourth-order valence-corrected chi connectivity index (χ4v) is 1.33. The van der Waals surface area contributed by atoms with E-state index in [0.29, 0.717) is 11.1 Å². The quantitative estimate of drug-likeness (QED) is 0.570. The molecular weight excluding hydrogens is 176 g/mol. The molecule has 0 aromatic carbocycles. The first-order valence-electron chi connectivity index (χ1n) is 3.93. The van der Waals surface area contributed by atoms with Crippen LogP contribution in [0.3, 0.4) is 0 Å². The van der Waals surface area contributed by atoms with Gasteiger partial charge >= 0.3 is 0 Å². The highest BCUT2D eigenvalue weighted by atomic mass is 16.8. The topological polar surface area (TPSA) is 68.2 Å². The number of aliphatic hydroxyl groups excluding tert-OH is 2. The molecule has 5 nitrogen and oxygen atoms in total. The molecule has 0 fully saturated rings. The highest BCUT2D eigenvalue weighted by Crippen LogP contribution is 2.27. The first-order valence-corrected chi connectivity index (χ1v) is 3.93. The molecule has 0 saturated carbocycles. The van der Waals surface area contributed by atoms with E-state index in [-0.39, 0.29) is 13.2 Å². The molecule has 76 valence electrons. The van der Waals surface area contributed by atoms with Crippen LogP contribution in [0.25, 0.3) is 0 Å². The average molecular weight is 190 g/mol. The number of hydrogen-bond acceptors (Lipinski definition) is 5. The van der Waals surface area contributed by atoms with Crippen LogP contribution in [0.2, 0.25) is 0 Å². The highest BCUT2D eigenvalue weighted by Gasteiger charge is 2.33. The van der Waals surface area contributed by atoms with Crippen molar-refractivity contribution in [2.75, 3.05) is 27.4 Å². The van der Waals surface area contributed by atoms with E-state index in [1.54, 1.807) is 0 Å². The lowest BCUT2D eigenvalue weighted by Gasteiger charge is -2.13. The largest absolute Gasteiger partial charge is 0.392 e. The molecule has 1 heterocycles. The summed E-state index contributed by atoms with van der Waals surface area (Å²) in [5.74, 6) is 0. The Balaban J connectivity index is 2.84. The second-order valence-electron chi connectivity index (χ2n) is 2.64. The Kier molecular flexibility index (Phi) is 3.83. The average Bonchev–Trinajstić information content (AvgIpc) is 2.54. The molecule has 2 atom stereocenters. The lowest BCUT2D eigenvalue weighted by molar-refractivity contribution is -0.182. The molecule has 0 saturated heterocycles. The number of hydrogen-bond donors (Lipinski definition) is 2. The molecule has 0 bridgehead atoms. The molecular formula is C8H14O5. The first kappa shape index (κ1) is 10.6. The van der Waals surface area contributed by atoms with Crippen molar-refractivity contribution in [2.24, 2.45) is 0 Å². The van der Waals surface area contributed by atoms with Crippen LogP contribution in [0.15, 0.2) is 11.1 Å². The maximum absolute atomic E-state index is 9.00. The second-order valence-corrected chi connectivity index (χ2v) is 2.64. The molecule has 1 aliphatic heterocycles. The summed E-state index contributed by atoms with van der Waals surface area (Å²) in [5, 5.41) is 18.0. The minimum atomic E-state index is -0.614. The monoisotopic (exact) mass is 190 g/mol. The van der Waals surface area contributed by atoms with Crippen molar-refractivity contribution in [1.29, 1.82) is 0 Å². The van der Waals surface area contributed by atoms with E-state index in [4.69, 9.17) is 24.4 Å². The molecule has 2 N–H and O–H groups in total. The molecule has 1 rings (SSSR count). The predicted molar refractivity (Wildman–Crippen MR) is 43.9 cm³/mol. The number of aliphatic hydroxyl groups is 2. The van der Waals surface area contributed by atoms with Gasteiger partial charge in [-0.05, 0) is 0 Å². The van der Waals surface area contributed by atoms with Crippen molar-refractivity contribution < 1.29 is 24.4 Å².